The normalized spacial score (nSPS) is 25.1. The van der Waals surface area contributed by atoms with Gasteiger partial charge in [-0.15, -0.1) is 0 Å². The highest BCUT2D eigenvalue weighted by Crippen LogP contribution is 2.38. The third-order valence-corrected chi connectivity index (χ3v) is 4.77. The molecule has 1 saturated carbocycles. The van der Waals surface area contributed by atoms with E-state index in [-0.39, 0.29) is 24.0 Å². The molecule has 0 radical (unpaired) electrons. The number of urea groups is 1. The summed E-state index contributed by atoms with van der Waals surface area (Å²) in [6.07, 6.45) is 4.24. The number of benzene rings is 1. The second-order valence-corrected chi connectivity index (χ2v) is 6.60. The summed E-state index contributed by atoms with van der Waals surface area (Å²) in [5.41, 5.74) is 0.832. The third-order valence-electron chi connectivity index (χ3n) is 4.77. The number of carbonyl (C=O) groups is 1. The first-order valence-electron chi connectivity index (χ1n) is 8.60. The van der Waals surface area contributed by atoms with Crippen LogP contribution in [0.3, 0.4) is 0 Å². The van der Waals surface area contributed by atoms with Gasteiger partial charge in [0.1, 0.15) is 5.82 Å². The van der Waals surface area contributed by atoms with Crippen molar-refractivity contribution in [2.45, 2.75) is 43.9 Å². The van der Waals surface area contributed by atoms with Crippen molar-refractivity contribution in [1.29, 1.82) is 0 Å². The lowest BCUT2D eigenvalue weighted by molar-refractivity contribution is -0.00921. The molecule has 2 amide bonds. The summed E-state index contributed by atoms with van der Waals surface area (Å²) in [7, 11) is 1.58. The van der Waals surface area contributed by atoms with Gasteiger partial charge in [-0.2, -0.15) is 0 Å². The monoisotopic (exact) mass is 336 g/mol. The van der Waals surface area contributed by atoms with E-state index in [1.807, 2.05) is 0 Å². The molecule has 1 heterocycles. The maximum absolute atomic E-state index is 13.0. The number of rotatable bonds is 6. The SMILES string of the molecule is CO[C@H](CNC(=O)N[C@H]1CCO[C@@H](C2CC2)C1)c1ccc(F)cc1. The molecule has 3 atom stereocenters. The van der Waals surface area contributed by atoms with Crippen LogP contribution in [0.2, 0.25) is 0 Å². The number of carbonyl (C=O) groups excluding carboxylic acids is 1. The van der Waals surface area contributed by atoms with Crippen LogP contribution in [0.25, 0.3) is 0 Å². The molecule has 132 valence electrons. The summed E-state index contributed by atoms with van der Waals surface area (Å²) in [6.45, 7) is 1.05. The Labute approximate surface area is 141 Å². The smallest absolute Gasteiger partial charge is 0.315 e. The van der Waals surface area contributed by atoms with E-state index in [9.17, 15) is 9.18 Å². The molecule has 0 aromatic heterocycles. The highest BCUT2D eigenvalue weighted by Gasteiger charge is 2.36. The maximum Gasteiger partial charge on any atom is 0.315 e. The molecule has 5 nitrogen and oxygen atoms in total. The molecule has 1 aromatic rings. The largest absolute Gasteiger partial charge is 0.378 e. The van der Waals surface area contributed by atoms with E-state index in [0.29, 0.717) is 25.2 Å². The number of hydrogen-bond acceptors (Lipinski definition) is 3. The Bertz CT molecular complexity index is 548. The van der Waals surface area contributed by atoms with E-state index in [1.54, 1.807) is 19.2 Å². The fraction of sp³-hybridized carbons (Fsp3) is 0.611. The van der Waals surface area contributed by atoms with Crippen LogP contribution < -0.4 is 10.6 Å². The highest BCUT2D eigenvalue weighted by atomic mass is 19.1. The van der Waals surface area contributed by atoms with Gasteiger partial charge in [-0.1, -0.05) is 12.1 Å². The fourth-order valence-electron chi connectivity index (χ4n) is 3.19. The lowest BCUT2D eigenvalue weighted by Crippen LogP contribution is -2.47. The molecule has 0 spiro atoms. The van der Waals surface area contributed by atoms with Crippen LogP contribution in [0.5, 0.6) is 0 Å². The molecule has 2 fully saturated rings. The van der Waals surface area contributed by atoms with Crippen LogP contribution in [0, 0.1) is 11.7 Å². The topological polar surface area (TPSA) is 59.6 Å². The van der Waals surface area contributed by atoms with Crippen molar-refractivity contribution in [2.24, 2.45) is 5.92 Å². The van der Waals surface area contributed by atoms with Crippen LogP contribution in [-0.2, 0) is 9.47 Å². The lowest BCUT2D eigenvalue weighted by atomic mass is 10.0. The van der Waals surface area contributed by atoms with Gasteiger partial charge in [0.25, 0.3) is 0 Å². The molecule has 1 aromatic carbocycles. The molecule has 24 heavy (non-hydrogen) atoms. The first kappa shape index (κ1) is 17.2. The fourth-order valence-corrected chi connectivity index (χ4v) is 3.19. The molecule has 0 bridgehead atoms. The average molecular weight is 336 g/mol. The second-order valence-electron chi connectivity index (χ2n) is 6.60. The van der Waals surface area contributed by atoms with Crippen LogP contribution in [0.1, 0.15) is 37.4 Å². The van der Waals surface area contributed by atoms with Gasteiger partial charge in [0.15, 0.2) is 0 Å². The third kappa shape index (κ3) is 4.68. The summed E-state index contributed by atoms with van der Waals surface area (Å²) < 4.78 is 24.2. The van der Waals surface area contributed by atoms with Crippen molar-refractivity contribution in [3.8, 4) is 0 Å². The minimum Gasteiger partial charge on any atom is -0.378 e. The van der Waals surface area contributed by atoms with Crippen molar-refractivity contribution in [3.63, 3.8) is 0 Å². The molecule has 0 unspecified atom stereocenters. The van der Waals surface area contributed by atoms with Gasteiger partial charge < -0.3 is 20.1 Å². The minimum atomic E-state index is -0.301. The Morgan fingerprint density at radius 3 is 2.75 bits per heavy atom. The first-order valence-corrected chi connectivity index (χ1v) is 8.60. The summed E-state index contributed by atoms with van der Waals surface area (Å²) in [4.78, 5) is 12.1. The van der Waals surface area contributed by atoms with E-state index >= 15 is 0 Å². The standard InChI is InChI=1S/C18H25FN2O3/c1-23-17(13-4-6-14(19)7-5-13)11-20-18(22)21-15-8-9-24-16(10-15)12-2-3-12/h4-7,12,15-17H,2-3,8-11H2,1H3,(H2,20,21,22)/t15-,16+,17+/m0/s1. The van der Waals surface area contributed by atoms with E-state index in [1.165, 1.54) is 25.0 Å². The molecular weight excluding hydrogens is 311 g/mol. The van der Waals surface area contributed by atoms with Crippen molar-refractivity contribution in [3.05, 3.63) is 35.6 Å². The summed E-state index contributed by atoms with van der Waals surface area (Å²) in [5, 5.41) is 5.87. The number of amides is 2. The zero-order valence-corrected chi connectivity index (χ0v) is 14.0. The Morgan fingerprint density at radius 1 is 1.33 bits per heavy atom. The van der Waals surface area contributed by atoms with E-state index in [0.717, 1.165) is 18.4 Å². The van der Waals surface area contributed by atoms with Gasteiger partial charge in [-0.25, -0.2) is 9.18 Å². The van der Waals surface area contributed by atoms with Gasteiger partial charge in [0.05, 0.1) is 12.2 Å². The zero-order chi connectivity index (χ0) is 16.9. The van der Waals surface area contributed by atoms with Crippen LogP contribution in [0.15, 0.2) is 24.3 Å². The summed E-state index contributed by atoms with van der Waals surface area (Å²) >= 11 is 0. The zero-order valence-electron chi connectivity index (χ0n) is 14.0. The lowest BCUT2D eigenvalue weighted by Gasteiger charge is -2.30. The molecule has 6 heteroatoms. The van der Waals surface area contributed by atoms with E-state index < -0.39 is 0 Å². The highest BCUT2D eigenvalue weighted by molar-refractivity contribution is 5.74. The van der Waals surface area contributed by atoms with Crippen LogP contribution in [0.4, 0.5) is 9.18 Å². The van der Waals surface area contributed by atoms with Gasteiger partial charge in [0.2, 0.25) is 0 Å². The minimum absolute atomic E-state index is 0.163. The number of hydrogen-bond donors (Lipinski definition) is 2. The van der Waals surface area contributed by atoms with E-state index in [4.69, 9.17) is 9.47 Å². The number of halogens is 1. The summed E-state index contributed by atoms with van der Waals surface area (Å²) in [5.74, 6) is 0.401. The van der Waals surface area contributed by atoms with Crippen molar-refractivity contribution in [2.75, 3.05) is 20.3 Å². The second kappa shape index (κ2) is 7.94. The van der Waals surface area contributed by atoms with Crippen molar-refractivity contribution >= 4 is 6.03 Å². The predicted molar refractivity (Wildman–Crippen MR) is 88.2 cm³/mol. The molecular formula is C18H25FN2O3. The predicted octanol–water partition coefficient (Wildman–Crippen LogP) is 2.77. The Kier molecular flexibility index (Phi) is 5.68. The Hall–Kier alpha value is -1.66. The van der Waals surface area contributed by atoms with Gasteiger partial charge in [-0.3, -0.25) is 0 Å². The Morgan fingerprint density at radius 2 is 2.08 bits per heavy atom. The first-order chi connectivity index (χ1) is 11.7. The summed E-state index contributed by atoms with van der Waals surface area (Å²) in [6, 6.07) is 6.09. The van der Waals surface area contributed by atoms with Gasteiger partial charge in [-0.05, 0) is 49.3 Å². The molecule has 2 N–H and O–H groups in total. The molecule has 2 aliphatic rings. The van der Waals surface area contributed by atoms with Crippen LogP contribution in [-0.4, -0.2) is 38.4 Å². The number of methoxy groups -OCH3 is 1. The molecule has 3 rings (SSSR count). The van der Waals surface area contributed by atoms with Crippen molar-refractivity contribution in [1.82, 2.24) is 10.6 Å². The van der Waals surface area contributed by atoms with Gasteiger partial charge in [0, 0.05) is 26.3 Å². The number of nitrogens with one attached hydrogen (secondary N) is 2. The molecule has 1 aliphatic heterocycles. The van der Waals surface area contributed by atoms with Gasteiger partial charge >= 0.3 is 6.03 Å². The van der Waals surface area contributed by atoms with E-state index in [2.05, 4.69) is 10.6 Å². The molecule has 1 saturated heterocycles. The molecule has 1 aliphatic carbocycles. The number of ether oxygens (including phenoxy) is 2. The van der Waals surface area contributed by atoms with Crippen LogP contribution >= 0.6 is 0 Å². The van der Waals surface area contributed by atoms with Crippen molar-refractivity contribution < 1.29 is 18.7 Å². The average Bonchev–Trinajstić information content (AvgIpc) is 3.42. The Balaban J connectivity index is 1.44. The quantitative estimate of drug-likeness (QED) is 0.840. The maximum atomic E-state index is 13.0.